The van der Waals surface area contributed by atoms with Crippen LogP contribution in [0.3, 0.4) is 0 Å². The van der Waals surface area contributed by atoms with E-state index in [0.29, 0.717) is 22.2 Å². The van der Waals surface area contributed by atoms with Gasteiger partial charge in [0.1, 0.15) is 5.52 Å². The topological polar surface area (TPSA) is 52.1 Å². The smallest absolute Gasteiger partial charge is 0.408 e. The maximum absolute atomic E-state index is 12.9. The Morgan fingerprint density at radius 2 is 1.92 bits per heavy atom. The number of halogens is 3. The molecule has 1 aromatic carbocycles. The van der Waals surface area contributed by atoms with Gasteiger partial charge in [-0.2, -0.15) is 13.2 Å². The molecule has 0 N–H and O–H groups in total. The van der Waals surface area contributed by atoms with Crippen molar-refractivity contribution in [1.82, 2.24) is 9.97 Å². The van der Waals surface area contributed by atoms with E-state index in [2.05, 4.69) is 9.97 Å². The van der Waals surface area contributed by atoms with E-state index < -0.39 is 17.7 Å². The van der Waals surface area contributed by atoms with Gasteiger partial charge in [0.15, 0.2) is 0 Å². The first-order valence-corrected chi connectivity index (χ1v) is 6.96. The number of carbonyl (C=O) groups is 1. The standard InChI is InChI=1S/C17H11F3N2O2/c1-10(23)24-15-6-5-14-16(22-15)13(7-8-21-14)11-3-2-4-12(9-11)17(18,19)20/h2-9H,1H3. The molecule has 0 bridgehead atoms. The van der Waals surface area contributed by atoms with Gasteiger partial charge in [0.25, 0.3) is 0 Å². The summed E-state index contributed by atoms with van der Waals surface area (Å²) in [5.74, 6) is -0.470. The molecular weight excluding hydrogens is 321 g/mol. The van der Waals surface area contributed by atoms with Gasteiger partial charge in [0.2, 0.25) is 5.88 Å². The molecule has 122 valence electrons. The lowest BCUT2D eigenvalue weighted by atomic mass is 10.0. The average Bonchev–Trinajstić information content (AvgIpc) is 2.53. The van der Waals surface area contributed by atoms with E-state index in [4.69, 9.17) is 4.74 Å². The fraction of sp³-hybridized carbons (Fsp3) is 0.118. The van der Waals surface area contributed by atoms with E-state index in [1.165, 1.54) is 25.3 Å². The summed E-state index contributed by atoms with van der Waals surface area (Å²) >= 11 is 0. The van der Waals surface area contributed by atoms with Crippen LogP contribution in [0.5, 0.6) is 5.88 Å². The first-order chi connectivity index (χ1) is 11.3. The molecule has 7 heteroatoms. The average molecular weight is 332 g/mol. The number of hydrogen-bond acceptors (Lipinski definition) is 4. The zero-order valence-electron chi connectivity index (χ0n) is 12.5. The third-order valence-electron chi connectivity index (χ3n) is 3.31. The number of alkyl halides is 3. The minimum absolute atomic E-state index is 0.0659. The summed E-state index contributed by atoms with van der Waals surface area (Å²) in [6.45, 7) is 1.24. The second-order valence-electron chi connectivity index (χ2n) is 5.05. The Morgan fingerprint density at radius 1 is 1.12 bits per heavy atom. The van der Waals surface area contributed by atoms with Crippen molar-refractivity contribution in [2.45, 2.75) is 13.1 Å². The number of nitrogens with zero attached hydrogens (tertiary/aromatic N) is 2. The van der Waals surface area contributed by atoms with E-state index >= 15 is 0 Å². The molecule has 0 radical (unpaired) electrons. The van der Waals surface area contributed by atoms with Crippen LogP contribution < -0.4 is 4.74 Å². The molecule has 0 atom stereocenters. The van der Waals surface area contributed by atoms with Crippen LogP contribution >= 0.6 is 0 Å². The van der Waals surface area contributed by atoms with E-state index in [-0.39, 0.29) is 5.88 Å². The predicted octanol–water partition coefficient (Wildman–Crippen LogP) is 4.24. The molecule has 0 saturated heterocycles. The molecular formula is C17H11F3N2O2. The van der Waals surface area contributed by atoms with Crippen LogP contribution in [-0.4, -0.2) is 15.9 Å². The Kier molecular flexibility index (Phi) is 3.92. The number of aromatic nitrogens is 2. The van der Waals surface area contributed by atoms with Crippen LogP contribution in [0.2, 0.25) is 0 Å². The van der Waals surface area contributed by atoms with Gasteiger partial charge in [0.05, 0.1) is 11.1 Å². The minimum atomic E-state index is -4.44. The fourth-order valence-electron chi connectivity index (χ4n) is 2.31. The third kappa shape index (κ3) is 3.19. The zero-order chi connectivity index (χ0) is 17.3. The molecule has 0 amide bonds. The van der Waals surface area contributed by atoms with Crippen molar-refractivity contribution in [2.75, 3.05) is 0 Å². The summed E-state index contributed by atoms with van der Waals surface area (Å²) in [5, 5.41) is 0. The molecule has 0 unspecified atom stereocenters. The summed E-state index contributed by atoms with van der Waals surface area (Å²) in [7, 11) is 0. The number of rotatable bonds is 2. The van der Waals surface area contributed by atoms with Gasteiger partial charge in [-0.15, -0.1) is 0 Å². The molecule has 0 aliphatic carbocycles. The lowest BCUT2D eigenvalue weighted by Crippen LogP contribution is -2.05. The number of fused-ring (bicyclic) bond motifs is 1. The Balaban J connectivity index is 2.17. The summed E-state index contributed by atoms with van der Waals surface area (Å²) < 4.78 is 43.7. The monoisotopic (exact) mass is 332 g/mol. The highest BCUT2D eigenvalue weighted by atomic mass is 19.4. The van der Waals surface area contributed by atoms with Gasteiger partial charge in [-0.25, -0.2) is 4.98 Å². The number of hydrogen-bond donors (Lipinski definition) is 0. The highest BCUT2D eigenvalue weighted by Gasteiger charge is 2.30. The maximum atomic E-state index is 12.9. The van der Waals surface area contributed by atoms with Crippen molar-refractivity contribution in [3.05, 3.63) is 54.2 Å². The Bertz CT molecular complexity index is 923. The lowest BCUT2D eigenvalue weighted by molar-refractivity contribution is -0.137. The summed E-state index contributed by atoms with van der Waals surface area (Å²) in [6, 6.07) is 9.59. The number of ether oxygens (including phenoxy) is 1. The van der Waals surface area contributed by atoms with Crippen molar-refractivity contribution in [1.29, 1.82) is 0 Å². The molecule has 4 nitrogen and oxygen atoms in total. The normalized spacial score (nSPS) is 11.5. The first kappa shape index (κ1) is 15.9. The lowest BCUT2D eigenvalue weighted by Gasteiger charge is -2.10. The number of pyridine rings is 2. The third-order valence-corrected chi connectivity index (χ3v) is 3.31. The van der Waals surface area contributed by atoms with Crippen LogP contribution in [0, 0.1) is 0 Å². The molecule has 3 aromatic rings. The molecule has 2 heterocycles. The predicted molar refractivity (Wildman–Crippen MR) is 81.3 cm³/mol. The Morgan fingerprint density at radius 3 is 2.62 bits per heavy atom. The summed E-state index contributed by atoms with van der Waals surface area (Å²) in [5.41, 5.74) is 0.919. The zero-order valence-corrected chi connectivity index (χ0v) is 12.5. The van der Waals surface area contributed by atoms with Crippen molar-refractivity contribution < 1.29 is 22.7 Å². The highest BCUT2D eigenvalue weighted by molar-refractivity contribution is 5.91. The number of esters is 1. The van der Waals surface area contributed by atoms with E-state index in [9.17, 15) is 18.0 Å². The summed E-state index contributed by atoms with van der Waals surface area (Å²) in [6.07, 6.45) is -2.94. The molecule has 24 heavy (non-hydrogen) atoms. The van der Waals surface area contributed by atoms with E-state index in [0.717, 1.165) is 12.1 Å². The van der Waals surface area contributed by atoms with Crippen LogP contribution in [0.15, 0.2) is 48.7 Å². The molecule has 0 spiro atoms. The quantitative estimate of drug-likeness (QED) is 0.659. The van der Waals surface area contributed by atoms with Gasteiger partial charge >= 0.3 is 12.1 Å². The van der Waals surface area contributed by atoms with Crippen LogP contribution in [0.1, 0.15) is 12.5 Å². The second kappa shape index (κ2) is 5.92. The molecule has 3 rings (SSSR count). The number of benzene rings is 1. The van der Waals surface area contributed by atoms with E-state index in [1.54, 1.807) is 18.2 Å². The van der Waals surface area contributed by atoms with Gasteiger partial charge < -0.3 is 4.74 Å². The number of carbonyl (C=O) groups excluding carboxylic acids is 1. The van der Waals surface area contributed by atoms with Crippen LogP contribution in [0.4, 0.5) is 13.2 Å². The Labute approximate surface area is 134 Å². The minimum Gasteiger partial charge on any atom is -0.408 e. The van der Waals surface area contributed by atoms with Gasteiger partial charge in [0, 0.05) is 24.8 Å². The molecule has 0 aliphatic heterocycles. The van der Waals surface area contributed by atoms with Gasteiger partial charge in [-0.3, -0.25) is 9.78 Å². The molecule has 0 aliphatic rings. The van der Waals surface area contributed by atoms with Crippen molar-refractivity contribution >= 4 is 17.0 Å². The molecule has 2 aromatic heterocycles. The highest BCUT2D eigenvalue weighted by Crippen LogP contribution is 2.34. The molecule has 0 saturated carbocycles. The van der Waals surface area contributed by atoms with Crippen LogP contribution in [0.25, 0.3) is 22.2 Å². The Hall–Kier alpha value is -2.96. The molecule has 0 fully saturated rings. The van der Waals surface area contributed by atoms with Gasteiger partial charge in [-0.1, -0.05) is 12.1 Å². The van der Waals surface area contributed by atoms with Crippen molar-refractivity contribution in [3.63, 3.8) is 0 Å². The largest absolute Gasteiger partial charge is 0.416 e. The van der Waals surface area contributed by atoms with Crippen LogP contribution in [-0.2, 0) is 11.0 Å². The SMILES string of the molecule is CC(=O)Oc1ccc2nccc(-c3cccc(C(F)(F)F)c3)c2n1. The summed E-state index contributed by atoms with van der Waals surface area (Å²) in [4.78, 5) is 19.4. The van der Waals surface area contributed by atoms with E-state index in [1.807, 2.05) is 0 Å². The maximum Gasteiger partial charge on any atom is 0.416 e. The fourth-order valence-corrected chi connectivity index (χ4v) is 2.31. The second-order valence-corrected chi connectivity index (χ2v) is 5.05. The van der Waals surface area contributed by atoms with Gasteiger partial charge in [-0.05, 0) is 29.8 Å². The van der Waals surface area contributed by atoms with Crippen molar-refractivity contribution in [2.24, 2.45) is 0 Å². The van der Waals surface area contributed by atoms with Crippen molar-refractivity contribution in [3.8, 4) is 17.0 Å². The first-order valence-electron chi connectivity index (χ1n) is 6.96.